The normalized spacial score (nSPS) is 14.0. The molecule has 4 N–H and O–H groups in total. The molecular formula is C20H27ClNO5PS. The molecule has 1 aromatic carbocycles. The summed E-state index contributed by atoms with van der Waals surface area (Å²) in [4.78, 5) is 31.7. The van der Waals surface area contributed by atoms with E-state index in [2.05, 4.69) is 4.52 Å². The van der Waals surface area contributed by atoms with E-state index in [0.29, 0.717) is 19.3 Å². The lowest BCUT2D eigenvalue weighted by atomic mass is 9.98. The van der Waals surface area contributed by atoms with E-state index < -0.39 is 13.4 Å². The largest absolute Gasteiger partial charge is 0.469 e. The van der Waals surface area contributed by atoms with Gasteiger partial charge in [-0.1, -0.05) is 23.7 Å². The second kappa shape index (κ2) is 10.8. The number of rotatable bonds is 12. The van der Waals surface area contributed by atoms with E-state index in [4.69, 9.17) is 27.1 Å². The van der Waals surface area contributed by atoms with E-state index in [9.17, 15) is 9.36 Å². The number of halogens is 1. The minimum atomic E-state index is -4.53. The van der Waals surface area contributed by atoms with Crippen molar-refractivity contribution in [1.82, 2.24) is 0 Å². The summed E-state index contributed by atoms with van der Waals surface area (Å²) in [6, 6.07) is 11.5. The molecule has 6 nitrogen and oxygen atoms in total. The Morgan fingerprint density at radius 3 is 2.52 bits per heavy atom. The highest BCUT2D eigenvalue weighted by atomic mass is 35.5. The molecule has 160 valence electrons. The summed E-state index contributed by atoms with van der Waals surface area (Å²) in [7, 11) is -4.53. The molecule has 0 bridgehead atoms. The quantitative estimate of drug-likeness (QED) is 0.240. The number of Topliss-reactive ketones (excluding diaryl/α,β-unsaturated/α-hetero) is 1. The molecule has 0 radical (unpaired) electrons. The number of hydrogen-bond acceptors (Lipinski definition) is 5. The molecule has 0 saturated heterocycles. The number of carbonyl (C=O) groups is 1. The smallest absolute Gasteiger partial charge is 0.323 e. The predicted octanol–water partition coefficient (Wildman–Crippen LogP) is 4.76. The number of phosphoric acid groups is 1. The van der Waals surface area contributed by atoms with Crippen LogP contribution in [0.4, 0.5) is 0 Å². The minimum absolute atomic E-state index is 0.137. The van der Waals surface area contributed by atoms with Gasteiger partial charge in [-0.2, -0.15) is 0 Å². The Morgan fingerprint density at radius 1 is 1.17 bits per heavy atom. The van der Waals surface area contributed by atoms with E-state index in [0.717, 1.165) is 34.0 Å². The van der Waals surface area contributed by atoms with Gasteiger partial charge in [-0.05, 0) is 68.9 Å². The first-order chi connectivity index (χ1) is 13.5. The van der Waals surface area contributed by atoms with Gasteiger partial charge in [-0.25, -0.2) is 4.57 Å². The summed E-state index contributed by atoms with van der Waals surface area (Å²) in [5.74, 6) is 0.137. The van der Waals surface area contributed by atoms with Gasteiger partial charge in [0.05, 0.1) is 11.5 Å². The Morgan fingerprint density at radius 2 is 1.86 bits per heavy atom. The molecule has 0 spiro atoms. The van der Waals surface area contributed by atoms with Crippen LogP contribution in [0.5, 0.6) is 0 Å². The fraction of sp³-hybridized carbons (Fsp3) is 0.450. The number of aryl methyl sites for hydroxylation is 2. The fourth-order valence-corrected chi connectivity index (χ4v) is 4.33. The Hall–Kier alpha value is -1.05. The van der Waals surface area contributed by atoms with Crippen molar-refractivity contribution in [3.63, 3.8) is 0 Å². The zero-order valence-electron chi connectivity index (χ0n) is 16.3. The lowest BCUT2D eigenvalue weighted by Crippen LogP contribution is -2.41. The summed E-state index contributed by atoms with van der Waals surface area (Å²) < 4.78 is 15.3. The maximum atomic E-state index is 12.4. The molecule has 0 aliphatic heterocycles. The van der Waals surface area contributed by atoms with Crippen molar-refractivity contribution in [2.75, 3.05) is 6.61 Å². The Bertz CT molecular complexity index is 847. The molecule has 0 saturated carbocycles. The molecule has 0 aliphatic carbocycles. The summed E-state index contributed by atoms with van der Waals surface area (Å²) in [5, 5.41) is 0.724. The molecule has 1 aromatic heterocycles. The average Bonchev–Trinajstić information content (AvgIpc) is 3.12. The number of carbonyl (C=O) groups excluding carboxylic acids is 1. The Kier molecular flexibility index (Phi) is 9.04. The van der Waals surface area contributed by atoms with Gasteiger partial charge in [0.2, 0.25) is 0 Å². The van der Waals surface area contributed by atoms with Gasteiger partial charge in [-0.3, -0.25) is 9.32 Å². The highest BCUT2D eigenvalue weighted by Gasteiger charge is 2.24. The third kappa shape index (κ3) is 9.53. The van der Waals surface area contributed by atoms with Crippen LogP contribution in [0.15, 0.2) is 36.4 Å². The first-order valence-corrected chi connectivity index (χ1v) is 12.1. The van der Waals surface area contributed by atoms with Crippen molar-refractivity contribution >= 4 is 36.5 Å². The van der Waals surface area contributed by atoms with E-state index in [1.54, 1.807) is 6.92 Å². The van der Waals surface area contributed by atoms with Gasteiger partial charge < -0.3 is 15.5 Å². The van der Waals surface area contributed by atoms with Gasteiger partial charge in [-0.15, -0.1) is 11.3 Å². The van der Waals surface area contributed by atoms with Crippen LogP contribution in [0.1, 0.15) is 52.7 Å². The lowest BCUT2D eigenvalue weighted by Gasteiger charge is -2.24. The van der Waals surface area contributed by atoms with Crippen molar-refractivity contribution in [1.29, 1.82) is 0 Å². The standard InChI is InChI=1S/C20H27ClNO5PS/c1-20(22,14-27-28(24,25)26)13-12-17-10-11-19(29-17)18(23)5-3-2-4-15-6-8-16(21)9-7-15/h6-11H,2-5,12-14,22H2,1H3,(H2,24,25,26). The molecule has 1 unspecified atom stereocenters. The Labute approximate surface area is 180 Å². The van der Waals surface area contributed by atoms with Crippen LogP contribution in [0, 0.1) is 0 Å². The maximum absolute atomic E-state index is 12.4. The first-order valence-electron chi connectivity index (χ1n) is 9.39. The van der Waals surface area contributed by atoms with Crippen molar-refractivity contribution in [3.8, 4) is 0 Å². The predicted molar refractivity (Wildman–Crippen MR) is 117 cm³/mol. The highest BCUT2D eigenvalue weighted by molar-refractivity contribution is 7.46. The third-order valence-electron chi connectivity index (χ3n) is 4.47. The zero-order valence-corrected chi connectivity index (χ0v) is 18.8. The van der Waals surface area contributed by atoms with Crippen LogP contribution in [0.3, 0.4) is 0 Å². The van der Waals surface area contributed by atoms with Gasteiger partial charge in [0.25, 0.3) is 0 Å². The van der Waals surface area contributed by atoms with Gasteiger partial charge in [0.15, 0.2) is 5.78 Å². The highest BCUT2D eigenvalue weighted by Crippen LogP contribution is 2.37. The van der Waals surface area contributed by atoms with Crippen LogP contribution in [0.25, 0.3) is 0 Å². The van der Waals surface area contributed by atoms with E-state index >= 15 is 0 Å². The van der Waals surface area contributed by atoms with E-state index in [1.807, 2.05) is 36.4 Å². The number of nitrogens with two attached hydrogens (primary N) is 1. The fourth-order valence-electron chi connectivity index (χ4n) is 2.76. The SMILES string of the molecule is CC(N)(CCc1ccc(C(=O)CCCCc2ccc(Cl)cc2)s1)COP(=O)(O)O. The summed E-state index contributed by atoms with van der Waals surface area (Å²) in [6.45, 7) is 1.45. The number of hydrogen-bond donors (Lipinski definition) is 3. The Balaban J connectivity index is 1.73. The van der Waals surface area contributed by atoms with Crippen LogP contribution < -0.4 is 5.73 Å². The third-order valence-corrected chi connectivity index (χ3v) is 6.38. The number of phosphoric ester groups is 1. The number of ketones is 1. The number of benzene rings is 1. The molecule has 0 fully saturated rings. The van der Waals surface area contributed by atoms with E-state index in [1.165, 1.54) is 16.9 Å². The molecule has 2 aromatic rings. The first kappa shape index (κ1) is 24.2. The maximum Gasteiger partial charge on any atom is 0.469 e. The summed E-state index contributed by atoms with van der Waals surface area (Å²) in [5.41, 5.74) is 6.39. The molecule has 2 rings (SSSR count). The van der Waals surface area contributed by atoms with Crippen molar-refractivity contribution in [3.05, 3.63) is 56.7 Å². The molecule has 1 atom stereocenters. The lowest BCUT2D eigenvalue weighted by molar-refractivity contribution is 0.0983. The molecule has 0 amide bonds. The molecule has 29 heavy (non-hydrogen) atoms. The average molecular weight is 460 g/mol. The number of unbranched alkanes of at least 4 members (excludes halogenated alkanes) is 1. The van der Waals surface area contributed by atoms with Gasteiger partial charge in [0.1, 0.15) is 0 Å². The van der Waals surface area contributed by atoms with Crippen molar-refractivity contribution in [2.45, 2.75) is 51.0 Å². The van der Waals surface area contributed by atoms with Gasteiger partial charge in [0, 0.05) is 21.9 Å². The number of thiophene rings is 1. The molecule has 9 heteroatoms. The second-order valence-corrected chi connectivity index (χ2v) is 10.3. The molecule has 0 aliphatic rings. The van der Waals surface area contributed by atoms with Crippen LogP contribution in [-0.2, 0) is 21.9 Å². The summed E-state index contributed by atoms with van der Waals surface area (Å²) >= 11 is 7.32. The summed E-state index contributed by atoms with van der Waals surface area (Å²) in [6.07, 6.45) is 4.31. The second-order valence-electron chi connectivity index (χ2n) is 7.44. The monoisotopic (exact) mass is 459 g/mol. The molecular weight excluding hydrogens is 433 g/mol. The van der Waals surface area contributed by atoms with Gasteiger partial charge >= 0.3 is 7.82 Å². The van der Waals surface area contributed by atoms with Crippen LogP contribution in [0.2, 0.25) is 5.02 Å². The van der Waals surface area contributed by atoms with Crippen LogP contribution >= 0.6 is 30.8 Å². The van der Waals surface area contributed by atoms with Crippen molar-refractivity contribution in [2.24, 2.45) is 5.73 Å². The zero-order chi connectivity index (χ0) is 21.5. The van der Waals surface area contributed by atoms with Crippen LogP contribution in [-0.4, -0.2) is 27.7 Å². The molecule has 1 heterocycles. The van der Waals surface area contributed by atoms with Crippen molar-refractivity contribution < 1.29 is 23.7 Å². The minimum Gasteiger partial charge on any atom is -0.323 e. The van der Waals surface area contributed by atoms with E-state index in [-0.39, 0.29) is 12.4 Å². The topological polar surface area (TPSA) is 110 Å².